The summed E-state index contributed by atoms with van der Waals surface area (Å²) in [5.74, 6) is -0.187. The van der Waals surface area contributed by atoms with Gasteiger partial charge in [-0.25, -0.2) is 13.4 Å². The molecule has 39 heavy (non-hydrogen) atoms. The van der Waals surface area contributed by atoms with E-state index in [1.165, 1.54) is 27.8 Å². The lowest BCUT2D eigenvalue weighted by Crippen LogP contribution is -2.33. The molecule has 1 amide bonds. The second-order valence-corrected chi connectivity index (χ2v) is 12.9. The van der Waals surface area contributed by atoms with Crippen LogP contribution in [0, 0.1) is 13.8 Å². The maximum absolute atomic E-state index is 13.7. The van der Waals surface area contributed by atoms with Crippen molar-refractivity contribution in [3.8, 4) is 0 Å². The number of anilines is 2. The van der Waals surface area contributed by atoms with E-state index in [-0.39, 0.29) is 23.2 Å². The summed E-state index contributed by atoms with van der Waals surface area (Å²) in [4.78, 5) is 22.6. The van der Waals surface area contributed by atoms with E-state index < -0.39 is 10.0 Å². The second kappa shape index (κ2) is 11.6. The van der Waals surface area contributed by atoms with E-state index in [4.69, 9.17) is 4.98 Å². The topological polar surface area (TPSA) is 73.8 Å². The molecule has 0 saturated heterocycles. The lowest BCUT2D eigenvalue weighted by molar-refractivity contribution is 0.0986. The summed E-state index contributed by atoms with van der Waals surface area (Å²) >= 11 is 1.52. The Morgan fingerprint density at radius 2 is 1.74 bits per heavy atom. The van der Waals surface area contributed by atoms with Crippen molar-refractivity contribution < 1.29 is 13.2 Å². The highest BCUT2D eigenvalue weighted by Crippen LogP contribution is 2.34. The third-order valence-electron chi connectivity index (χ3n) is 6.81. The number of carbonyl (C=O) groups is 1. The van der Waals surface area contributed by atoms with Crippen molar-refractivity contribution in [2.24, 2.45) is 0 Å². The molecule has 7 nitrogen and oxygen atoms in total. The molecular weight excluding hydrogens is 552 g/mol. The van der Waals surface area contributed by atoms with Crippen molar-refractivity contribution in [1.29, 1.82) is 0 Å². The number of sulfonamides is 1. The smallest absolute Gasteiger partial charge is 0.264 e. The van der Waals surface area contributed by atoms with Crippen molar-refractivity contribution in [2.75, 3.05) is 42.9 Å². The monoisotopic (exact) mass is 584 g/mol. The van der Waals surface area contributed by atoms with Gasteiger partial charge in [0.1, 0.15) is 0 Å². The fourth-order valence-corrected chi connectivity index (χ4v) is 7.46. The van der Waals surface area contributed by atoms with Crippen molar-refractivity contribution in [3.05, 3.63) is 82.9 Å². The molecule has 0 aliphatic carbocycles. The van der Waals surface area contributed by atoms with E-state index >= 15 is 0 Å². The molecule has 1 aliphatic rings. The van der Waals surface area contributed by atoms with Gasteiger partial charge in [-0.15, -0.1) is 12.4 Å². The number of rotatable bonds is 8. The Hall–Kier alpha value is -2.98. The highest BCUT2D eigenvalue weighted by Gasteiger charge is 2.31. The molecule has 2 heterocycles. The number of thiazole rings is 1. The highest BCUT2D eigenvalue weighted by atomic mass is 35.5. The van der Waals surface area contributed by atoms with Crippen LogP contribution in [0.15, 0.2) is 65.6 Å². The maximum Gasteiger partial charge on any atom is 0.264 e. The zero-order valence-corrected chi connectivity index (χ0v) is 25.0. The summed E-state index contributed by atoms with van der Waals surface area (Å²) in [6.45, 7) is 5.87. The van der Waals surface area contributed by atoms with E-state index in [2.05, 4.69) is 17.9 Å². The normalized spacial score (nSPS) is 13.0. The largest absolute Gasteiger partial charge is 0.309 e. The first kappa shape index (κ1) is 29.0. The van der Waals surface area contributed by atoms with Gasteiger partial charge in [-0.05, 0) is 100 Å². The van der Waals surface area contributed by atoms with E-state index in [0.717, 1.165) is 45.6 Å². The van der Waals surface area contributed by atoms with E-state index in [9.17, 15) is 13.2 Å². The molecule has 10 heteroatoms. The molecule has 0 radical (unpaired) electrons. The number of para-hydroxylation sites is 1. The third-order valence-corrected chi connectivity index (χ3v) is 9.86. The fraction of sp³-hybridized carbons (Fsp3) is 0.310. The first-order valence-electron chi connectivity index (χ1n) is 12.7. The number of amides is 1. The number of nitrogens with zero attached hydrogens (tertiary/aromatic N) is 4. The van der Waals surface area contributed by atoms with Crippen molar-refractivity contribution >= 4 is 60.7 Å². The summed E-state index contributed by atoms with van der Waals surface area (Å²) in [5.41, 5.74) is 5.35. The SMILES string of the molecule is Cc1cc(C)c2sc(N(CCCN(C)C)C(=O)c3ccc(S(=O)(=O)N4CCc5ccccc54)cc3)nc2c1.Cl. The zero-order chi connectivity index (χ0) is 27.0. The van der Waals surface area contributed by atoms with Gasteiger partial charge in [-0.2, -0.15) is 0 Å². The molecule has 0 atom stereocenters. The number of halogens is 1. The molecule has 3 aromatic carbocycles. The van der Waals surface area contributed by atoms with Crippen LogP contribution in [0.1, 0.15) is 33.5 Å². The number of aromatic nitrogens is 1. The van der Waals surface area contributed by atoms with Crippen molar-refractivity contribution in [1.82, 2.24) is 9.88 Å². The molecule has 4 aromatic rings. The summed E-state index contributed by atoms with van der Waals surface area (Å²) in [6, 6.07) is 18.0. The van der Waals surface area contributed by atoms with Gasteiger partial charge in [0.05, 0.1) is 20.8 Å². The average Bonchev–Trinajstić information content (AvgIpc) is 3.51. The first-order valence-corrected chi connectivity index (χ1v) is 15.0. The van der Waals surface area contributed by atoms with Crippen LogP contribution >= 0.6 is 23.7 Å². The van der Waals surface area contributed by atoms with Gasteiger partial charge < -0.3 is 4.90 Å². The van der Waals surface area contributed by atoms with Crippen LogP contribution in [0.4, 0.5) is 10.8 Å². The molecular formula is C29H33ClN4O3S2. The Morgan fingerprint density at radius 1 is 1.03 bits per heavy atom. The Morgan fingerprint density at radius 3 is 2.46 bits per heavy atom. The number of fused-ring (bicyclic) bond motifs is 2. The molecule has 0 spiro atoms. The molecule has 0 bridgehead atoms. The number of aryl methyl sites for hydroxylation is 2. The molecule has 1 aromatic heterocycles. The summed E-state index contributed by atoms with van der Waals surface area (Å²) < 4.78 is 29.4. The summed E-state index contributed by atoms with van der Waals surface area (Å²) in [7, 11) is 0.291. The minimum Gasteiger partial charge on any atom is -0.309 e. The average molecular weight is 585 g/mol. The van der Waals surface area contributed by atoms with Gasteiger partial charge in [-0.3, -0.25) is 14.0 Å². The van der Waals surface area contributed by atoms with Crippen LogP contribution in [-0.2, 0) is 16.4 Å². The van der Waals surface area contributed by atoms with Gasteiger partial charge in [0.25, 0.3) is 15.9 Å². The van der Waals surface area contributed by atoms with Crippen molar-refractivity contribution in [2.45, 2.75) is 31.6 Å². The fourth-order valence-electron chi connectivity index (χ4n) is 4.92. The van der Waals surface area contributed by atoms with Crippen molar-refractivity contribution in [3.63, 3.8) is 0 Å². The first-order chi connectivity index (χ1) is 18.1. The minimum absolute atomic E-state index is 0. The molecule has 206 valence electrons. The van der Waals surface area contributed by atoms with Crippen LogP contribution in [0.5, 0.6) is 0 Å². The molecule has 1 aliphatic heterocycles. The Labute approximate surface area is 240 Å². The summed E-state index contributed by atoms with van der Waals surface area (Å²) in [6.07, 6.45) is 1.47. The molecule has 0 saturated carbocycles. The molecule has 0 fully saturated rings. The lowest BCUT2D eigenvalue weighted by atomic mass is 10.1. The van der Waals surface area contributed by atoms with E-state index in [1.807, 2.05) is 51.4 Å². The van der Waals surface area contributed by atoms with Crippen LogP contribution in [0.2, 0.25) is 0 Å². The molecule has 5 rings (SSSR count). The quantitative estimate of drug-likeness (QED) is 0.266. The van der Waals surface area contributed by atoms with E-state index in [1.54, 1.807) is 17.0 Å². The predicted octanol–water partition coefficient (Wildman–Crippen LogP) is 5.68. The van der Waals surface area contributed by atoms with Crippen LogP contribution in [-0.4, -0.2) is 57.9 Å². The summed E-state index contributed by atoms with van der Waals surface area (Å²) in [5, 5.41) is 0.655. The lowest BCUT2D eigenvalue weighted by Gasteiger charge is -2.22. The van der Waals surface area contributed by atoms with Gasteiger partial charge in [0.2, 0.25) is 0 Å². The number of carbonyl (C=O) groups excluding carboxylic acids is 1. The van der Waals surface area contributed by atoms with Gasteiger partial charge in [0, 0.05) is 18.7 Å². The van der Waals surface area contributed by atoms with Gasteiger partial charge in [-0.1, -0.05) is 35.6 Å². The number of benzene rings is 3. The second-order valence-electron chi connectivity index (χ2n) is 10.0. The zero-order valence-electron chi connectivity index (χ0n) is 22.5. The maximum atomic E-state index is 13.7. The Bertz CT molecular complexity index is 1600. The third kappa shape index (κ3) is 5.82. The van der Waals surface area contributed by atoms with Crippen LogP contribution < -0.4 is 9.21 Å². The predicted molar refractivity (Wildman–Crippen MR) is 162 cm³/mol. The number of hydrogen-bond acceptors (Lipinski definition) is 6. The molecule has 0 unspecified atom stereocenters. The van der Waals surface area contributed by atoms with Gasteiger partial charge in [0.15, 0.2) is 5.13 Å². The Kier molecular flexibility index (Phi) is 8.66. The van der Waals surface area contributed by atoms with Crippen LogP contribution in [0.25, 0.3) is 10.2 Å². The van der Waals surface area contributed by atoms with E-state index in [0.29, 0.717) is 30.2 Å². The highest BCUT2D eigenvalue weighted by molar-refractivity contribution is 7.92. The Balaban J connectivity index is 0.00000353. The number of hydrogen-bond donors (Lipinski definition) is 0. The standard InChI is InChI=1S/C29H32N4O3S2.ClH/c1-20-18-21(2)27-25(19-20)30-29(37-27)32(16-7-15-31(3)4)28(34)23-10-12-24(13-11-23)38(35,36)33-17-14-22-8-5-6-9-26(22)33;/h5-6,8-13,18-19H,7,14-17H2,1-4H3;1H. The minimum atomic E-state index is -3.72. The molecule has 0 N–H and O–H groups in total. The van der Waals surface area contributed by atoms with Crippen LogP contribution in [0.3, 0.4) is 0 Å². The van der Waals surface area contributed by atoms with Gasteiger partial charge >= 0.3 is 0 Å².